The predicted molar refractivity (Wildman–Crippen MR) is 88.5 cm³/mol. The molecule has 0 saturated heterocycles. The summed E-state index contributed by atoms with van der Waals surface area (Å²) in [5.41, 5.74) is 2.45. The van der Waals surface area contributed by atoms with Crippen molar-refractivity contribution in [1.29, 1.82) is 5.26 Å². The molecule has 0 spiro atoms. The van der Waals surface area contributed by atoms with Crippen molar-refractivity contribution < 1.29 is 0 Å². The van der Waals surface area contributed by atoms with Crippen LogP contribution >= 0.6 is 0 Å². The van der Waals surface area contributed by atoms with Crippen molar-refractivity contribution in [2.24, 2.45) is 0 Å². The summed E-state index contributed by atoms with van der Waals surface area (Å²) in [5.74, 6) is 0. The highest BCUT2D eigenvalue weighted by Gasteiger charge is 2.27. The first-order valence-electron chi connectivity index (χ1n) is 8.10. The smallest absolute Gasteiger partial charge is 0.103 e. The molecule has 1 aliphatic rings. The summed E-state index contributed by atoms with van der Waals surface area (Å²) >= 11 is 0. The SMILES string of the molecule is CCCNC(C)(C#N)CCCN1c2ccccc2CC1C. The standard InChI is InChI=1S/C18H27N3/c1-4-11-20-18(3,14-19)10-7-12-21-15(2)13-16-8-5-6-9-17(16)21/h5-6,8-9,15,20H,4,7,10-13H2,1-3H3. The quantitative estimate of drug-likeness (QED) is 0.833. The molecule has 0 radical (unpaired) electrons. The van der Waals surface area contributed by atoms with E-state index in [9.17, 15) is 5.26 Å². The fourth-order valence-corrected chi connectivity index (χ4v) is 3.16. The van der Waals surface area contributed by atoms with E-state index in [-0.39, 0.29) is 0 Å². The van der Waals surface area contributed by atoms with E-state index in [1.165, 1.54) is 11.3 Å². The molecule has 1 aliphatic heterocycles. The van der Waals surface area contributed by atoms with E-state index < -0.39 is 5.54 Å². The van der Waals surface area contributed by atoms with Gasteiger partial charge in [-0.15, -0.1) is 0 Å². The Bertz CT molecular complexity index is 505. The maximum Gasteiger partial charge on any atom is 0.103 e. The highest BCUT2D eigenvalue weighted by atomic mass is 15.2. The molecule has 21 heavy (non-hydrogen) atoms. The van der Waals surface area contributed by atoms with Gasteiger partial charge in [0.2, 0.25) is 0 Å². The molecule has 2 unspecified atom stereocenters. The van der Waals surface area contributed by atoms with E-state index in [1.807, 2.05) is 6.92 Å². The molecule has 2 rings (SSSR count). The van der Waals surface area contributed by atoms with Crippen LogP contribution in [-0.2, 0) is 6.42 Å². The van der Waals surface area contributed by atoms with Gasteiger partial charge in [-0.1, -0.05) is 25.1 Å². The van der Waals surface area contributed by atoms with E-state index in [0.717, 1.165) is 38.8 Å². The first-order chi connectivity index (χ1) is 10.1. The molecule has 1 heterocycles. The van der Waals surface area contributed by atoms with Gasteiger partial charge in [-0.2, -0.15) is 5.26 Å². The van der Waals surface area contributed by atoms with Crippen LogP contribution in [-0.4, -0.2) is 24.7 Å². The number of anilines is 1. The van der Waals surface area contributed by atoms with Crippen molar-refractivity contribution in [3.63, 3.8) is 0 Å². The molecule has 1 aromatic rings. The van der Waals surface area contributed by atoms with Gasteiger partial charge in [-0.25, -0.2) is 0 Å². The van der Waals surface area contributed by atoms with Gasteiger partial charge in [0.15, 0.2) is 0 Å². The zero-order chi connectivity index (χ0) is 15.3. The Hall–Kier alpha value is -1.53. The maximum absolute atomic E-state index is 9.39. The third-order valence-electron chi connectivity index (χ3n) is 4.44. The zero-order valence-corrected chi connectivity index (χ0v) is 13.5. The van der Waals surface area contributed by atoms with Crippen LogP contribution in [0.3, 0.4) is 0 Å². The third-order valence-corrected chi connectivity index (χ3v) is 4.44. The molecule has 1 N–H and O–H groups in total. The van der Waals surface area contributed by atoms with E-state index in [2.05, 4.69) is 54.4 Å². The Balaban J connectivity index is 1.90. The Morgan fingerprint density at radius 2 is 2.19 bits per heavy atom. The Labute approximate surface area is 129 Å². The van der Waals surface area contributed by atoms with Gasteiger partial charge in [0.25, 0.3) is 0 Å². The number of benzene rings is 1. The zero-order valence-electron chi connectivity index (χ0n) is 13.5. The van der Waals surface area contributed by atoms with Crippen molar-refractivity contribution in [2.45, 2.75) is 58.0 Å². The summed E-state index contributed by atoms with van der Waals surface area (Å²) in [7, 11) is 0. The number of nitrogens with one attached hydrogen (secondary N) is 1. The van der Waals surface area contributed by atoms with Crippen LogP contribution in [0, 0.1) is 11.3 Å². The Kier molecular flexibility index (Phi) is 5.25. The van der Waals surface area contributed by atoms with E-state index >= 15 is 0 Å². The normalized spacial score (nSPS) is 19.9. The summed E-state index contributed by atoms with van der Waals surface area (Å²) < 4.78 is 0. The number of nitriles is 1. The van der Waals surface area contributed by atoms with Crippen molar-refractivity contribution in [1.82, 2.24) is 5.32 Å². The predicted octanol–water partition coefficient (Wildman–Crippen LogP) is 3.50. The van der Waals surface area contributed by atoms with Gasteiger partial charge < -0.3 is 4.90 Å². The molecule has 0 fully saturated rings. The lowest BCUT2D eigenvalue weighted by molar-refractivity contribution is 0.405. The number of hydrogen-bond donors (Lipinski definition) is 1. The van der Waals surface area contributed by atoms with Crippen molar-refractivity contribution >= 4 is 5.69 Å². The highest BCUT2D eigenvalue weighted by Crippen LogP contribution is 2.32. The van der Waals surface area contributed by atoms with Crippen molar-refractivity contribution in [3.05, 3.63) is 29.8 Å². The lowest BCUT2D eigenvalue weighted by Gasteiger charge is -2.28. The molecular weight excluding hydrogens is 258 g/mol. The van der Waals surface area contributed by atoms with Crippen LogP contribution in [0.15, 0.2) is 24.3 Å². The van der Waals surface area contributed by atoms with E-state index in [4.69, 9.17) is 0 Å². The second-order valence-corrected chi connectivity index (χ2v) is 6.35. The lowest BCUT2D eigenvalue weighted by Crippen LogP contribution is -2.42. The second kappa shape index (κ2) is 6.95. The van der Waals surface area contributed by atoms with Gasteiger partial charge in [0.1, 0.15) is 5.54 Å². The number of hydrogen-bond acceptors (Lipinski definition) is 3. The topological polar surface area (TPSA) is 39.1 Å². The van der Waals surface area contributed by atoms with Crippen LogP contribution in [0.25, 0.3) is 0 Å². The van der Waals surface area contributed by atoms with E-state index in [1.54, 1.807) is 0 Å². The molecule has 0 saturated carbocycles. The minimum atomic E-state index is -0.390. The summed E-state index contributed by atoms with van der Waals surface area (Å²) in [4.78, 5) is 2.49. The van der Waals surface area contributed by atoms with Crippen LogP contribution in [0.2, 0.25) is 0 Å². The van der Waals surface area contributed by atoms with Gasteiger partial charge in [0.05, 0.1) is 6.07 Å². The number of rotatable bonds is 7. The fraction of sp³-hybridized carbons (Fsp3) is 0.611. The fourth-order valence-electron chi connectivity index (χ4n) is 3.16. The first kappa shape index (κ1) is 15.9. The van der Waals surface area contributed by atoms with Crippen molar-refractivity contribution in [2.75, 3.05) is 18.0 Å². The lowest BCUT2D eigenvalue weighted by atomic mass is 9.97. The minimum absolute atomic E-state index is 0.390. The van der Waals surface area contributed by atoms with Gasteiger partial charge >= 0.3 is 0 Å². The van der Waals surface area contributed by atoms with Crippen molar-refractivity contribution in [3.8, 4) is 6.07 Å². The highest BCUT2D eigenvalue weighted by molar-refractivity contribution is 5.59. The average Bonchev–Trinajstić information content (AvgIpc) is 2.81. The Morgan fingerprint density at radius 1 is 1.43 bits per heavy atom. The minimum Gasteiger partial charge on any atom is -0.368 e. The second-order valence-electron chi connectivity index (χ2n) is 6.35. The largest absolute Gasteiger partial charge is 0.368 e. The van der Waals surface area contributed by atoms with Crippen LogP contribution in [0.1, 0.15) is 45.6 Å². The van der Waals surface area contributed by atoms with Gasteiger partial charge in [-0.05, 0) is 57.7 Å². The summed E-state index contributed by atoms with van der Waals surface area (Å²) in [6.45, 7) is 8.38. The molecule has 3 nitrogen and oxygen atoms in total. The monoisotopic (exact) mass is 285 g/mol. The molecule has 3 heteroatoms. The molecule has 0 aliphatic carbocycles. The molecular formula is C18H27N3. The number of fused-ring (bicyclic) bond motifs is 1. The van der Waals surface area contributed by atoms with Gasteiger partial charge in [-0.3, -0.25) is 5.32 Å². The van der Waals surface area contributed by atoms with Crippen LogP contribution in [0.4, 0.5) is 5.69 Å². The summed E-state index contributed by atoms with van der Waals surface area (Å²) in [5, 5.41) is 12.8. The molecule has 2 atom stereocenters. The Morgan fingerprint density at radius 3 is 2.90 bits per heavy atom. The molecule has 0 aromatic heterocycles. The number of para-hydroxylation sites is 1. The molecule has 0 amide bonds. The third kappa shape index (κ3) is 3.77. The molecule has 0 bridgehead atoms. The summed E-state index contributed by atoms with van der Waals surface area (Å²) in [6, 6.07) is 11.7. The van der Waals surface area contributed by atoms with Gasteiger partial charge in [0, 0.05) is 18.3 Å². The summed E-state index contributed by atoms with van der Waals surface area (Å²) in [6.07, 6.45) is 4.14. The molecule has 114 valence electrons. The molecule has 1 aromatic carbocycles. The van der Waals surface area contributed by atoms with Crippen LogP contribution < -0.4 is 10.2 Å². The maximum atomic E-state index is 9.39. The first-order valence-corrected chi connectivity index (χ1v) is 8.10. The van der Waals surface area contributed by atoms with Crippen LogP contribution in [0.5, 0.6) is 0 Å². The average molecular weight is 285 g/mol. The number of nitrogens with zero attached hydrogens (tertiary/aromatic N) is 2. The van der Waals surface area contributed by atoms with E-state index in [0.29, 0.717) is 6.04 Å².